The number of methoxy groups -OCH3 is 1. The zero-order valence-corrected chi connectivity index (χ0v) is 19.7. The SMILES string of the molecule is CCN(CC)CCCN1C(=O)C(=O)C(=C(O)c2c(C)[nH]c(C(=O)OC)c2C)[C@@H]1c1ccco1. The average molecular weight is 458 g/mol. The number of aromatic amines is 1. The summed E-state index contributed by atoms with van der Waals surface area (Å²) >= 11 is 0. The molecule has 0 saturated carbocycles. The number of hydrogen-bond acceptors (Lipinski definition) is 7. The number of amides is 1. The Hall–Kier alpha value is -3.33. The van der Waals surface area contributed by atoms with E-state index < -0.39 is 23.7 Å². The molecule has 0 unspecified atom stereocenters. The molecular weight excluding hydrogens is 426 g/mol. The maximum atomic E-state index is 13.1. The van der Waals surface area contributed by atoms with Gasteiger partial charge in [-0.1, -0.05) is 13.8 Å². The molecule has 0 aliphatic carbocycles. The summed E-state index contributed by atoms with van der Waals surface area (Å²) < 4.78 is 10.4. The third kappa shape index (κ3) is 4.45. The molecule has 2 N–H and O–H groups in total. The Balaban J connectivity index is 2.06. The van der Waals surface area contributed by atoms with Gasteiger partial charge in [0.05, 0.1) is 18.9 Å². The second kappa shape index (κ2) is 10.1. The van der Waals surface area contributed by atoms with Gasteiger partial charge in [0.1, 0.15) is 23.3 Å². The molecule has 2 aromatic rings. The molecule has 1 atom stereocenters. The van der Waals surface area contributed by atoms with Crippen LogP contribution in [0, 0.1) is 13.8 Å². The zero-order chi connectivity index (χ0) is 24.3. The van der Waals surface area contributed by atoms with Crippen molar-refractivity contribution in [2.45, 2.75) is 40.2 Å². The van der Waals surface area contributed by atoms with Crippen molar-refractivity contribution in [3.05, 3.63) is 52.2 Å². The molecular formula is C24H31N3O6. The number of ether oxygens (including phenoxy) is 1. The Morgan fingerprint density at radius 2 is 1.97 bits per heavy atom. The first-order valence-corrected chi connectivity index (χ1v) is 11.1. The number of carbonyl (C=O) groups is 3. The number of ketones is 1. The van der Waals surface area contributed by atoms with Gasteiger partial charge in [-0.15, -0.1) is 0 Å². The summed E-state index contributed by atoms with van der Waals surface area (Å²) in [4.78, 5) is 44.8. The van der Waals surface area contributed by atoms with E-state index in [9.17, 15) is 19.5 Å². The van der Waals surface area contributed by atoms with E-state index in [4.69, 9.17) is 9.15 Å². The number of aliphatic hydroxyl groups is 1. The molecule has 1 saturated heterocycles. The summed E-state index contributed by atoms with van der Waals surface area (Å²) in [6.45, 7) is 10.4. The topological polar surface area (TPSA) is 116 Å². The second-order valence-corrected chi connectivity index (χ2v) is 8.00. The maximum absolute atomic E-state index is 13.1. The van der Waals surface area contributed by atoms with Gasteiger partial charge in [0.15, 0.2) is 0 Å². The highest BCUT2D eigenvalue weighted by Crippen LogP contribution is 2.41. The largest absolute Gasteiger partial charge is 0.507 e. The van der Waals surface area contributed by atoms with Crippen LogP contribution in [0.15, 0.2) is 28.4 Å². The summed E-state index contributed by atoms with van der Waals surface area (Å²) in [5.74, 6) is -2.01. The van der Waals surface area contributed by atoms with Crippen molar-refractivity contribution in [1.82, 2.24) is 14.8 Å². The van der Waals surface area contributed by atoms with E-state index in [1.54, 1.807) is 26.0 Å². The van der Waals surface area contributed by atoms with Crippen molar-refractivity contribution in [3.63, 3.8) is 0 Å². The van der Waals surface area contributed by atoms with Crippen LogP contribution < -0.4 is 0 Å². The zero-order valence-electron chi connectivity index (χ0n) is 19.7. The minimum atomic E-state index is -0.855. The van der Waals surface area contributed by atoms with Crippen molar-refractivity contribution >= 4 is 23.4 Å². The van der Waals surface area contributed by atoms with Crippen LogP contribution in [-0.4, -0.2) is 70.8 Å². The fraction of sp³-hybridized carbons (Fsp3) is 0.458. The third-order valence-electron chi connectivity index (χ3n) is 6.18. The molecule has 9 heteroatoms. The smallest absolute Gasteiger partial charge is 0.354 e. The fourth-order valence-corrected chi connectivity index (χ4v) is 4.40. The number of hydrogen-bond donors (Lipinski definition) is 2. The molecule has 1 aliphatic rings. The monoisotopic (exact) mass is 457 g/mol. The van der Waals surface area contributed by atoms with Gasteiger partial charge >= 0.3 is 5.97 Å². The molecule has 1 aliphatic heterocycles. The van der Waals surface area contributed by atoms with E-state index in [1.165, 1.54) is 18.3 Å². The van der Waals surface area contributed by atoms with Crippen LogP contribution in [0.1, 0.15) is 59.4 Å². The second-order valence-electron chi connectivity index (χ2n) is 8.00. The summed E-state index contributed by atoms with van der Waals surface area (Å²) in [5.41, 5.74) is 1.34. The lowest BCUT2D eigenvalue weighted by atomic mass is 9.97. The standard InChI is InChI=1S/C24H31N3O6/c1-6-26(7-2)11-9-12-27-20(16-10-8-13-33-16)18(22(29)23(27)30)21(28)17-14(3)19(24(31)32-5)25-15(17)4/h8,10,13,20,25,28H,6-7,9,11-12H2,1-5H3/t20-/m0/s1. The van der Waals surface area contributed by atoms with Gasteiger partial charge in [0.2, 0.25) is 0 Å². The van der Waals surface area contributed by atoms with Crippen molar-refractivity contribution < 1.29 is 28.6 Å². The van der Waals surface area contributed by atoms with Crippen molar-refractivity contribution in [2.24, 2.45) is 0 Å². The third-order valence-corrected chi connectivity index (χ3v) is 6.18. The number of H-pyrrole nitrogens is 1. The minimum absolute atomic E-state index is 0.0561. The van der Waals surface area contributed by atoms with Crippen LogP contribution >= 0.6 is 0 Å². The molecule has 0 aromatic carbocycles. The number of carbonyl (C=O) groups excluding carboxylic acids is 3. The molecule has 2 aromatic heterocycles. The summed E-state index contributed by atoms with van der Waals surface area (Å²) in [6.07, 6.45) is 2.13. The van der Waals surface area contributed by atoms with E-state index in [0.29, 0.717) is 35.5 Å². The number of Topliss-reactive ketones (excluding diaryl/α,β-unsaturated/α-hetero) is 1. The van der Waals surface area contributed by atoms with Gasteiger partial charge in [-0.2, -0.15) is 0 Å². The molecule has 9 nitrogen and oxygen atoms in total. The Morgan fingerprint density at radius 3 is 2.55 bits per heavy atom. The van der Waals surface area contributed by atoms with Gasteiger partial charge in [0, 0.05) is 17.8 Å². The maximum Gasteiger partial charge on any atom is 0.354 e. The summed E-state index contributed by atoms with van der Waals surface area (Å²) in [7, 11) is 1.26. The number of nitrogens with zero attached hydrogens (tertiary/aromatic N) is 2. The molecule has 1 amide bonds. The highest BCUT2D eigenvalue weighted by molar-refractivity contribution is 6.46. The first-order chi connectivity index (χ1) is 15.8. The fourth-order valence-electron chi connectivity index (χ4n) is 4.40. The van der Waals surface area contributed by atoms with Crippen LogP contribution in [0.4, 0.5) is 0 Å². The van der Waals surface area contributed by atoms with Crippen LogP contribution in [0.25, 0.3) is 5.76 Å². The van der Waals surface area contributed by atoms with E-state index in [1.807, 2.05) is 0 Å². The molecule has 3 rings (SSSR count). The molecule has 33 heavy (non-hydrogen) atoms. The minimum Gasteiger partial charge on any atom is -0.507 e. The van der Waals surface area contributed by atoms with Crippen LogP contribution in [-0.2, 0) is 14.3 Å². The number of rotatable bonds is 9. The van der Waals surface area contributed by atoms with Gasteiger partial charge < -0.3 is 29.0 Å². The van der Waals surface area contributed by atoms with Crippen molar-refractivity contribution in [1.29, 1.82) is 0 Å². The van der Waals surface area contributed by atoms with Crippen LogP contribution in [0.5, 0.6) is 0 Å². The summed E-state index contributed by atoms with van der Waals surface area (Å²) in [5, 5.41) is 11.3. The quantitative estimate of drug-likeness (QED) is 0.257. The predicted molar refractivity (Wildman–Crippen MR) is 122 cm³/mol. The van der Waals surface area contributed by atoms with Crippen LogP contribution in [0.3, 0.4) is 0 Å². The lowest BCUT2D eigenvalue weighted by Gasteiger charge is -2.25. The number of aryl methyl sites for hydroxylation is 1. The van der Waals surface area contributed by atoms with Gasteiger partial charge in [-0.3, -0.25) is 9.59 Å². The molecule has 178 valence electrons. The number of aliphatic hydroxyl groups excluding tert-OH is 1. The molecule has 0 radical (unpaired) electrons. The average Bonchev–Trinajstić information content (AvgIpc) is 3.49. The lowest BCUT2D eigenvalue weighted by Crippen LogP contribution is -2.33. The number of esters is 1. The molecule has 3 heterocycles. The van der Waals surface area contributed by atoms with Gasteiger partial charge in [0.25, 0.3) is 11.7 Å². The van der Waals surface area contributed by atoms with E-state index >= 15 is 0 Å². The van der Waals surface area contributed by atoms with E-state index in [0.717, 1.165) is 19.6 Å². The number of likely N-dealkylation sites (tertiary alicyclic amines) is 1. The first-order valence-electron chi connectivity index (χ1n) is 11.1. The first kappa shape index (κ1) is 24.3. The molecule has 0 spiro atoms. The van der Waals surface area contributed by atoms with Gasteiger partial charge in [-0.05, 0) is 57.6 Å². The van der Waals surface area contributed by atoms with E-state index in [2.05, 4.69) is 23.7 Å². The molecule has 1 fully saturated rings. The normalized spacial score (nSPS) is 17.9. The van der Waals surface area contributed by atoms with Crippen molar-refractivity contribution in [2.75, 3.05) is 33.3 Å². The Morgan fingerprint density at radius 1 is 1.27 bits per heavy atom. The number of nitrogens with one attached hydrogen (secondary N) is 1. The Bertz CT molecular complexity index is 1060. The lowest BCUT2D eigenvalue weighted by molar-refractivity contribution is -0.140. The Labute approximate surface area is 193 Å². The highest BCUT2D eigenvalue weighted by Gasteiger charge is 2.47. The predicted octanol–water partition coefficient (Wildman–Crippen LogP) is 3.16. The van der Waals surface area contributed by atoms with E-state index in [-0.39, 0.29) is 17.0 Å². The molecule has 0 bridgehead atoms. The van der Waals surface area contributed by atoms with Gasteiger partial charge in [-0.25, -0.2) is 4.79 Å². The highest BCUT2D eigenvalue weighted by atomic mass is 16.5. The summed E-state index contributed by atoms with van der Waals surface area (Å²) in [6, 6.07) is 2.50. The number of aromatic nitrogens is 1. The van der Waals surface area contributed by atoms with Crippen LogP contribution in [0.2, 0.25) is 0 Å². The van der Waals surface area contributed by atoms with Crippen molar-refractivity contribution in [3.8, 4) is 0 Å². The number of furan rings is 1. The Kier molecular flexibility index (Phi) is 7.43.